The van der Waals surface area contributed by atoms with Crippen molar-refractivity contribution in [1.29, 1.82) is 0 Å². The zero-order valence-corrected chi connectivity index (χ0v) is 16.2. The molecule has 0 amide bonds. The van der Waals surface area contributed by atoms with Crippen molar-refractivity contribution in [2.45, 2.75) is 25.3 Å². The van der Waals surface area contributed by atoms with Gasteiger partial charge < -0.3 is 25.4 Å². The number of ether oxygens (including phenoxy) is 2. The van der Waals surface area contributed by atoms with Gasteiger partial charge in [0.25, 0.3) is 0 Å². The lowest BCUT2D eigenvalue weighted by atomic mass is 10.1. The average molecular weight is 396 g/mol. The lowest BCUT2D eigenvalue weighted by Gasteiger charge is -2.11. The summed E-state index contributed by atoms with van der Waals surface area (Å²) in [6.45, 7) is 0.560. The number of nitrogens with two attached hydrogens (primary N) is 2. The van der Waals surface area contributed by atoms with E-state index < -0.39 is 12.0 Å². The van der Waals surface area contributed by atoms with Crippen molar-refractivity contribution in [3.8, 4) is 22.6 Å². The molecule has 4 N–H and O–H groups in total. The average Bonchev–Trinajstić information content (AvgIpc) is 2.74. The standard InChI is InChI=1S/C22H24N2O5/c1-27-15-7-5-14(6-8-15)18-13-28-20-12-16(9-10-17(20)21(18)25)29-22(26)19(24)4-2-3-11-23/h5-10,12-13,19H,2-4,11,23-24H2,1H3/t19-/m1/s1. The number of carbonyl (C=O) groups excluding carboxylic acids is 1. The molecule has 3 aromatic rings. The second kappa shape index (κ2) is 9.36. The van der Waals surface area contributed by atoms with Crippen molar-refractivity contribution in [3.05, 3.63) is 59.0 Å². The molecule has 0 aliphatic heterocycles. The fraction of sp³-hybridized carbons (Fsp3) is 0.273. The summed E-state index contributed by atoms with van der Waals surface area (Å²) in [5.41, 5.74) is 12.6. The van der Waals surface area contributed by atoms with Crippen LogP contribution < -0.4 is 26.4 Å². The van der Waals surface area contributed by atoms with E-state index in [1.54, 1.807) is 43.5 Å². The summed E-state index contributed by atoms with van der Waals surface area (Å²) in [6.07, 6.45) is 3.46. The van der Waals surface area contributed by atoms with Gasteiger partial charge in [-0.3, -0.25) is 4.79 Å². The number of rotatable bonds is 8. The van der Waals surface area contributed by atoms with Gasteiger partial charge in [0, 0.05) is 6.07 Å². The van der Waals surface area contributed by atoms with E-state index in [2.05, 4.69) is 0 Å². The van der Waals surface area contributed by atoms with Gasteiger partial charge in [-0.2, -0.15) is 0 Å². The zero-order valence-electron chi connectivity index (χ0n) is 16.2. The first-order valence-corrected chi connectivity index (χ1v) is 9.41. The molecule has 0 unspecified atom stereocenters. The van der Waals surface area contributed by atoms with E-state index in [1.807, 2.05) is 0 Å². The minimum Gasteiger partial charge on any atom is -0.497 e. The summed E-state index contributed by atoms with van der Waals surface area (Å²) in [4.78, 5) is 25.0. The maximum absolute atomic E-state index is 12.8. The summed E-state index contributed by atoms with van der Waals surface area (Å²) in [6, 6.07) is 11.1. The predicted octanol–water partition coefficient (Wildman–Crippen LogP) is 2.83. The highest BCUT2D eigenvalue weighted by molar-refractivity contribution is 5.84. The Morgan fingerprint density at radius 2 is 1.83 bits per heavy atom. The molecule has 0 fully saturated rings. The van der Waals surface area contributed by atoms with E-state index in [0.29, 0.717) is 35.2 Å². The molecule has 2 aromatic carbocycles. The number of methoxy groups -OCH3 is 1. The molecule has 1 aromatic heterocycles. The Kier molecular flexibility index (Phi) is 6.64. The van der Waals surface area contributed by atoms with Crippen LogP contribution in [0.15, 0.2) is 57.9 Å². The molecule has 29 heavy (non-hydrogen) atoms. The highest BCUT2D eigenvalue weighted by Gasteiger charge is 2.17. The number of unbranched alkanes of at least 4 members (excludes halogenated alkanes) is 1. The van der Waals surface area contributed by atoms with Crippen molar-refractivity contribution in [2.75, 3.05) is 13.7 Å². The van der Waals surface area contributed by atoms with Crippen LogP contribution in [-0.2, 0) is 4.79 Å². The second-order valence-corrected chi connectivity index (χ2v) is 6.68. The van der Waals surface area contributed by atoms with Gasteiger partial charge in [-0.15, -0.1) is 0 Å². The molecule has 152 valence electrons. The van der Waals surface area contributed by atoms with Gasteiger partial charge in [-0.05, 0) is 49.2 Å². The minimum absolute atomic E-state index is 0.173. The highest BCUT2D eigenvalue weighted by atomic mass is 16.5. The van der Waals surface area contributed by atoms with Crippen molar-refractivity contribution in [3.63, 3.8) is 0 Å². The first-order chi connectivity index (χ1) is 14.0. The zero-order chi connectivity index (χ0) is 20.8. The lowest BCUT2D eigenvalue weighted by molar-refractivity contribution is -0.136. The van der Waals surface area contributed by atoms with Gasteiger partial charge in [0.2, 0.25) is 0 Å². The number of benzene rings is 2. The Morgan fingerprint density at radius 1 is 1.10 bits per heavy atom. The van der Waals surface area contributed by atoms with E-state index in [-0.39, 0.29) is 11.2 Å². The molecule has 0 aliphatic carbocycles. The third kappa shape index (κ3) is 4.82. The van der Waals surface area contributed by atoms with Crippen LogP contribution in [0, 0.1) is 0 Å². The normalized spacial score (nSPS) is 12.0. The number of hydrogen-bond donors (Lipinski definition) is 2. The fourth-order valence-electron chi connectivity index (χ4n) is 2.96. The Hall–Kier alpha value is -3.16. The van der Waals surface area contributed by atoms with E-state index in [4.69, 9.17) is 25.4 Å². The Morgan fingerprint density at radius 3 is 2.52 bits per heavy atom. The summed E-state index contributed by atoms with van der Waals surface area (Å²) in [5, 5.41) is 0.394. The van der Waals surface area contributed by atoms with Crippen LogP contribution in [0.5, 0.6) is 11.5 Å². The molecule has 0 aliphatic rings. The van der Waals surface area contributed by atoms with Gasteiger partial charge in [-0.1, -0.05) is 18.6 Å². The number of hydrogen-bond acceptors (Lipinski definition) is 7. The summed E-state index contributed by atoms with van der Waals surface area (Å²) < 4.78 is 16.1. The van der Waals surface area contributed by atoms with Crippen LogP contribution in [0.2, 0.25) is 0 Å². The number of fused-ring (bicyclic) bond motifs is 1. The Balaban J connectivity index is 1.80. The maximum atomic E-state index is 12.8. The van der Waals surface area contributed by atoms with E-state index in [1.165, 1.54) is 12.3 Å². The monoisotopic (exact) mass is 396 g/mol. The molecule has 1 atom stereocenters. The molecule has 1 heterocycles. The van der Waals surface area contributed by atoms with Crippen LogP contribution in [0.25, 0.3) is 22.1 Å². The molecule has 3 rings (SSSR count). The van der Waals surface area contributed by atoms with Gasteiger partial charge in [-0.25, -0.2) is 4.79 Å². The topological polar surface area (TPSA) is 118 Å². The first kappa shape index (κ1) is 20.6. The predicted molar refractivity (Wildman–Crippen MR) is 111 cm³/mol. The second-order valence-electron chi connectivity index (χ2n) is 6.68. The minimum atomic E-state index is -0.721. The lowest BCUT2D eigenvalue weighted by Crippen LogP contribution is -2.34. The van der Waals surface area contributed by atoms with Crippen molar-refractivity contribution in [2.24, 2.45) is 11.5 Å². The number of carbonyl (C=O) groups is 1. The molecule has 0 saturated heterocycles. The van der Waals surface area contributed by atoms with Gasteiger partial charge in [0.1, 0.15) is 29.4 Å². The molecular weight excluding hydrogens is 372 g/mol. The fourth-order valence-corrected chi connectivity index (χ4v) is 2.96. The summed E-state index contributed by atoms with van der Waals surface area (Å²) in [5.74, 6) is 0.447. The summed E-state index contributed by atoms with van der Waals surface area (Å²) in [7, 11) is 1.58. The first-order valence-electron chi connectivity index (χ1n) is 9.41. The largest absolute Gasteiger partial charge is 0.497 e. The van der Waals surface area contributed by atoms with Gasteiger partial charge >= 0.3 is 5.97 Å². The molecule has 7 nitrogen and oxygen atoms in total. The van der Waals surface area contributed by atoms with Crippen LogP contribution in [0.4, 0.5) is 0 Å². The van der Waals surface area contributed by atoms with Crippen LogP contribution in [0.3, 0.4) is 0 Å². The van der Waals surface area contributed by atoms with Gasteiger partial charge in [0.05, 0.1) is 18.1 Å². The molecule has 0 bridgehead atoms. The highest BCUT2D eigenvalue weighted by Crippen LogP contribution is 2.24. The number of esters is 1. The third-order valence-electron chi connectivity index (χ3n) is 4.64. The maximum Gasteiger partial charge on any atom is 0.328 e. The van der Waals surface area contributed by atoms with Gasteiger partial charge in [0.15, 0.2) is 5.43 Å². The smallest absolute Gasteiger partial charge is 0.328 e. The molecule has 0 saturated carbocycles. The molecule has 0 spiro atoms. The van der Waals surface area contributed by atoms with E-state index >= 15 is 0 Å². The van der Waals surface area contributed by atoms with E-state index in [0.717, 1.165) is 18.4 Å². The molecule has 0 radical (unpaired) electrons. The summed E-state index contributed by atoms with van der Waals surface area (Å²) >= 11 is 0. The van der Waals surface area contributed by atoms with E-state index in [9.17, 15) is 9.59 Å². The third-order valence-corrected chi connectivity index (χ3v) is 4.64. The Bertz CT molecular complexity index is 1040. The SMILES string of the molecule is COc1ccc(-c2coc3cc(OC(=O)[C@H](N)CCCCN)ccc3c2=O)cc1. The van der Waals surface area contributed by atoms with Crippen LogP contribution in [-0.4, -0.2) is 25.7 Å². The molecule has 7 heteroatoms. The molecular formula is C22H24N2O5. The Labute approximate surface area is 168 Å². The van der Waals surface area contributed by atoms with Crippen molar-refractivity contribution in [1.82, 2.24) is 0 Å². The van der Waals surface area contributed by atoms with Crippen LogP contribution >= 0.6 is 0 Å². The van der Waals surface area contributed by atoms with Crippen molar-refractivity contribution >= 4 is 16.9 Å². The van der Waals surface area contributed by atoms with Crippen molar-refractivity contribution < 1.29 is 18.7 Å². The van der Waals surface area contributed by atoms with Crippen LogP contribution in [0.1, 0.15) is 19.3 Å². The quantitative estimate of drug-likeness (QED) is 0.341.